The van der Waals surface area contributed by atoms with Crippen molar-refractivity contribution in [2.45, 2.75) is 25.3 Å². The van der Waals surface area contributed by atoms with Crippen LogP contribution in [0.4, 0.5) is 4.39 Å². The van der Waals surface area contributed by atoms with E-state index < -0.39 is 36.4 Å². The van der Waals surface area contributed by atoms with E-state index in [1.54, 1.807) is 6.92 Å². The van der Waals surface area contributed by atoms with E-state index >= 15 is 0 Å². The average Bonchev–Trinajstić information content (AvgIpc) is 3.37. The molecule has 1 atom stereocenters. The number of carbonyl (C=O) groups is 2. The number of carbonyl (C=O) groups excluding carboxylic acids is 2. The van der Waals surface area contributed by atoms with E-state index in [-0.39, 0.29) is 11.7 Å². The predicted molar refractivity (Wildman–Crippen MR) is 85.4 cm³/mol. The van der Waals surface area contributed by atoms with Gasteiger partial charge in [-0.1, -0.05) is 0 Å². The fourth-order valence-electron chi connectivity index (χ4n) is 2.12. The van der Waals surface area contributed by atoms with Crippen molar-refractivity contribution < 1.29 is 23.5 Å². The van der Waals surface area contributed by atoms with Crippen molar-refractivity contribution in [3.63, 3.8) is 0 Å². The van der Waals surface area contributed by atoms with Crippen molar-refractivity contribution in [2.75, 3.05) is 13.2 Å². The summed E-state index contributed by atoms with van der Waals surface area (Å²) in [5.74, 6) is -1.30. The topological polar surface area (TPSA) is 88.4 Å². The molecule has 0 aromatic heterocycles. The zero-order chi connectivity index (χ0) is 17.7. The van der Waals surface area contributed by atoms with Gasteiger partial charge < -0.3 is 14.8 Å². The number of amides is 1. The molecule has 0 spiro atoms. The molecule has 2 rings (SSSR count). The standard InChI is InChI=1S/C16H16BrFN2O4/c1-16(9-19,10-2-3-10)20-14(21)7-24-15(22)8-23-13-5-4-11(18)6-12(13)17/h4-6,10H,2-3,7-8H2,1H3,(H,20,21)/t16-/m0/s1. The lowest BCUT2D eigenvalue weighted by Crippen LogP contribution is -2.48. The first-order chi connectivity index (χ1) is 11.3. The highest BCUT2D eigenvalue weighted by Crippen LogP contribution is 2.39. The molecule has 0 heterocycles. The molecular weight excluding hydrogens is 383 g/mol. The van der Waals surface area contributed by atoms with E-state index in [1.165, 1.54) is 18.2 Å². The number of hydrogen-bond acceptors (Lipinski definition) is 5. The summed E-state index contributed by atoms with van der Waals surface area (Å²) in [6.45, 7) is 0.742. The number of hydrogen-bond donors (Lipinski definition) is 1. The van der Waals surface area contributed by atoms with Crippen LogP contribution in [0.15, 0.2) is 22.7 Å². The number of halogens is 2. The van der Waals surface area contributed by atoms with E-state index in [0.29, 0.717) is 4.47 Å². The summed E-state index contributed by atoms with van der Waals surface area (Å²) in [5, 5.41) is 11.7. The van der Waals surface area contributed by atoms with Crippen LogP contribution in [0.2, 0.25) is 0 Å². The van der Waals surface area contributed by atoms with Crippen LogP contribution in [0.25, 0.3) is 0 Å². The Kier molecular flexibility index (Phi) is 5.78. The largest absolute Gasteiger partial charge is 0.481 e. The molecule has 0 saturated heterocycles. The molecule has 1 fully saturated rings. The lowest BCUT2D eigenvalue weighted by Gasteiger charge is -2.22. The van der Waals surface area contributed by atoms with Gasteiger partial charge in [-0.15, -0.1) is 0 Å². The lowest BCUT2D eigenvalue weighted by molar-refractivity contribution is -0.150. The van der Waals surface area contributed by atoms with Crippen molar-refractivity contribution >= 4 is 27.8 Å². The second-order valence-electron chi connectivity index (χ2n) is 5.66. The van der Waals surface area contributed by atoms with Gasteiger partial charge >= 0.3 is 5.97 Å². The predicted octanol–water partition coefficient (Wildman–Crippen LogP) is 2.32. The van der Waals surface area contributed by atoms with Gasteiger partial charge in [0.25, 0.3) is 5.91 Å². The van der Waals surface area contributed by atoms with Crippen molar-refractivity contribution in [1.29, 1.82) is 5.26 Å². The van der Waals surface area contributed by atoms with Gasteiger partial charge in [-0.3, -0.25) is 4.79 Å². The van der Waals surface area contributed by atoms with Gasteiger partial charge in [0.1, 0.15) is 17.1 Å². The highest BCUT2D eigenvalue weighted by atomic mass is 79.9. The molecule has 1 aliphatic rings. The molecule has 1 aromatic carbocycles. The summed E-state index contributed by atoms with van der Waals surface area (Å²) in [6.07, 6.45) is 1.79. The molecule has 1 aromatic rings. The minimum Gasteiger partial charge on any atom is -0.481 e. The number of nitrogens with zero attached hydrogens (tertiary/aromatic N) is 1. The molecule has 1 aliphatic carbocycles. The number of esters is 1. The van der Waals surface area contributed by atoms with E-state index in [1.807, 2.05) is 0 Å². The summed E-state index contributed by atoms with van der Waals surface area (Å²) >= 11 is 3.11. The Balaban J connectivity index is 1.74. The number of ether oxygens (including phenoxy) is 2. The Morgan fingerprint density at radius 2 is 2.17 bits per heavy atom. The summed E-state index contributed by atoms with van der Waals surface area (Å²) in [4.78, 5) is 23.4. The first-order valence-corrected chi connectivity index (χ1v) is 8.09. The summed E-state index contributed by atoms with van der Waals surface area (Å²) in [7, 11) is 0. The van der Waals surface area contributed by atoms with Crippen LogP contribution in [0.3, 0.4) is 0 Å². The second-order valence-corrected chi connectivity index (χ2v) is 6.52. The molecule has 0 unspecified atom stereocenters. The monoisotopic (exact) mass is 398 g/mol. The fourth-order valence-corrected chi connectivity index (χ4v) is 2.59. The molecule has 0 bridgehead atoms. The number of rotatable bonds is 7. The van der Waals surface area contributed by atoms with Gasteiger partial charge in [0.05, 0.1) is 10.5 Å². The summed E-state index contributed by atoms with van der Waals surface area (Å²) in [6, 6.07) is 5.85. The third kappa shape index (κ3) is 4.93. The maximum Gasteiger partial charge on any atom is 0.344 e. The van der Waals surface area contributed by atoms with Crippen LogP contribution in [-0.2, 0) is 14.3 Å². The number of benzene rings is 1. The highest BCUT2D eigenvalue weighted by Gasteiger charge is 2.43. The Bertz CT molecular complexity index is 687. The van der Waals surface area contributed by atoms with Crippen LogP contribution in [0.5, 0.6) is 5.75 Å². The maximum atomic E-state index is 12.9. The molecule has 1 amide bonds. The van der Waals surface area contributed by atoms with E-state index in [9.17, 15) is 14.0 Å². The molecule has 8 heteroatoms. The van der Waals surface area contributed by atoms with Crippen LogP contribution < -0.4 is 10.1 Å². The van der Waals surface area contributed by atoms with Crippen molar-refractivity contribution in [2.24, 2.45) is 5.92 Å². The fraction of sp³-hybridized carbons (Fsp3) is 0.438. The smallest absolute Gasteiger partial charge is 0.344 e. The van der Waals surface area contributed by atoms with E-state index in [0.717, 1.165) is 12.8 Å². The number of nitrogens with one attached hydrogen (secondary N) is 1. The van der Waals surface area contributed by atoms with Crippen LogP contribution in [-0.4, -0.2) is 30.6 Å². The second kappa shape index (κ2) is 7.62. The Morgan fingerprint density at radius 1 is 1.46 bits per heavy atom. The van der Waals surface area contributed by atoms with Gasteiger partial charge in [-0.25, -0.2) is 9.18 Å². The van der Waals surface area contributed by atoms with Gasteiger partial charge in [0.2, 0.25) is 0 Å². The molecule has 128 valence electrons. The molecule has 0 aliphatic heterocycles. The zero-order valence-electron chi connectivity index (χ0n) is 13.0. The number of nitriles is 1. The Morgan fingerprint density at radius 3 is 2.75 bits per heavy atom. The van der Waals surface area contributed by atoms with Gasteiger partial charge in [0, 0.05) is 0 Å². The molecular formula is C16H16BrFN2O4. The van der Waals surface area contributed by atoms with Gasteiger partial charge in [-0.2, -0.15) is 5.26 Å². The molecule has 1 N–H and O–H groups in total. The third-order valence-electron chi connectivity index (χ3n) is 3.63. The van der Waals surface area contributed by atoms with Crippen molar-refractivity contribution in [3.8, 4) is 11.8 Å². The normalized spacial score (nSPS) is 15.8. The van der Waals surface area contributed by atoms with Gasteiger partial charge in [0.15, 0.2) is 13.2 Å². The van der Waals surface area contributed by atoms with Crippen molar-refractivity contribution in [1.82, 2.24) is 5.32 Å². The zero-order valence-corrected chi connectivity index (χ0v) is 14.6. The quantitative estimate of drug-likeness (QED) is 0.711. The Labute approximate surface area is 147 Å². The maximum absolute atomic E-state index is 12.9. The summed E-state index contributed by atoms with van der Waals surface area (Å²) in [5.41, 5.74) is -0.932. The van der Waals surface area contributed by atoms with Crippen LogP contribution >= 0.6 is 15.9 Å². The van der Waals surface area contributed by atoms with Gasteiger partial charge in [-0.05, 0) is 59.8 Å². The third-order valence-corrected chi connectivity index (χ3v) is 4.25. The summed E-state index contributed by atoms with van der Waals surface area (Å²) < 4.78 is 23.3. The molecule has 0 radical (unpaired) electrons. The minimum atomic E-state index is -0.932. The van der Waals surface area contributed by atoms with Crippen molar-refractivity contribution in [3.05, 3.63) is 28.5 Å². The molecule has 1 saturated carbocycles. The van der Waals surface area contributed by atoms with E-state index in [4.69, 9.17) is 14.7 Å². The van der Waals surface area contributed by atoms with E-state index in [2.05, 4.69) is 27.3 Å². The lowest BCUT2D eigenvalue weighted by atomic mass is 9.98. The first-order valence-electron chi connectivity index (χ1n) is 7.30. The first kappa shape index (κ1) is 18.2. The highest BCUT2D eigenvalue weighted by molar-refractivity contribution is 9.10. The molecule has 24 heavy (non-hydrogen) atoms. The SMILES string of the molecule is C[C@@](C#N)(NC(=O)COC(=O)COc1ccc(F)cc1Br)C1CC1. The molecule has 6 nitrogen and oxygen atoms in total. The van der Waals surface area contributed by atoms with Crippen LogP contribution in [0, 0.1) is 23.1 Å². The van der Waals surface area contributed by atoms with Crippen LogP contribution in [0.1, 0.15) is 19.8 Å². The minimum absolute atomic E-state index is 0.140. The Hall–Kier alpha value is -2.14. The average molecular weight is 399 g/mol.